The van der Waals surface area contributed by atoms with E-state index in [9.17, 15) is 0 Å². The van der Waals surface area contributed by atoms with Crippen LogP contribution in [0.1, 0.15) is 32.1 Å². The number of hydrogen-bond acceptors (Lipinski definition) is 2. The molecule has 0 N–H and O–H groups in total. The number of benzene rings is 1. The summed E-state index contributed by atoms with van der Waals surface area (Å²) in [5.41, 5.74) is 2.56. The van der Waals surface area contributed by atoms with Crippen molar-refractivity contribution in [2.45, 2.75) is 32.7 Å². The van der Waals surface area contributed by atoms with Crippen molar-refractivity contribution in [1.29, 1.82) is 0 Å². The van der Waals surface area contributed by atoms with E-state index in [1.54, 1.807) is 7.11 Å². The van der Waals surface area contributed by atoms with E-state index >= 15 is 0 Å². The maximum atomic E-state index is 5.91. The van der Waals surface area contributed by atoms with Gasteiger partial charge in [-0.05, 0) is 24.0 Å². The predicted octanol–water partition coefficient (Wildman–Crippen LogP) is 3.80. The number of ether oxygens (including phenoxy) is 1. The van der Waals surface area contributed by atoms with Crippen molar-refractivity contribution >= 4 is 22.6 Å². The smallest absolute Gasteiger partial charge is 0.121 e. The Labute approximate surface area is 118 Å². The van der Waals surface area contributed by atoms with Gasteiger partial charge in [-0.1, -0.05) is 13.8 Å². The summed E-state index contributed by atoms with van der Waals surface area (Å²) < 4.78 is 7.65. The van der Waals surface area contributed by atoms with Crippen molar-refractivity contribution < 1.29 is 4.74 Å². The molecule has 0 aliphatic heterocycles. The summed E-state index contributed by atoms with van der Waals surface area (Å²) in [6, 6.07) is 6.65. The van der Waals surface area contributed by atoms with Gasteiger partial charge < -0.3 is 9.30 Å². The van der Waals surface area contributed by atoms with Crippen molar-refractivity contribution in [3.8, 4) is 5.75 Å². The SMILES string of the molecule is COc1ccc2c(c1)nc(CCCl)n2C1CC1(C)C. The zero-order chi connectivity index (χ0) is 13.6. The highest BCUT2D eigenvalue weighted by atomic mass is 35.5. The summed E-state index contributed by atoms with van der Waals surface area (Å²) >= 11 is 5.91. The molecular weight excluding hydrogens is 260 g/mol. The Hall–Kier alpha value is -1.22. The number of aromatic nitrogens is 2. The number of hydrogen-bond donors (Lipinski definition) is 0. The number of methoxy groups -OCH3 is 1. The second-order valence-electron chi connectivity index (χ2n) is 5.90. The van der Waals surface area contributed by atoms with Gasteiger partial charge >= 0.3 is 0 Å². The molecule has 1 saturated carbocycles. The molecule has 2 aromatic rings. The zero-order valence-electron chi connectivity index (χ0n) is 11.6. The lowest BCUT2D eigenvalue weighted by Crippen LogP contribution is -2.06. The lowest BCUT2D eigenvalue weighted by molar-refractivity contribution is 0.415. The summed E-state index contributed by atoms with van der Waals surface area (Å²) in [6.07, 6.45) is 2.02. The average Bonchev–Trinajstić information content (AvgIpc) is 2.85. The zero-order valence-corrected chi connectivity index (χ0v) is 12.4. The normalized spacial score (nSPS) is 20.7. The quantitative estimate of drug-likeness (QED) is 0.796. The van der Waals surface area contributed by atoms with E-state index in [1.165, 1.54) is 11.9 Å². The predicted molar refractivity (Wildman–Crippen MR) is 78.1 cm³/mol. The molecule has 4 heteroatoms. The van der Waals surface area contributed by atoms with Gasteiger partial charge in [0.05, 0.1) is 18.1 Å². The van der Waals surface area contributed by atoms with Crippen LogP contribution in [0.5, 0.6) is 5.75 Å². The van der Waals surface area contributed by atoms with Gasteiger partial charge in [-0.2, -0.15) is 0 Å². The van der Waals surface area contributed by atoms with E-state index in [2.05, 4.69) is 24.5 Å². The van der Waals surface area contributed by atoms with Gasteiger partial charge in [0, 0.05) is 24.4 Å². The number of aryl methyl sites for hydroxylation is 1. The first-order valence-corrected chi connectivity index (χ1v) is 7.21. The van der Waals surface area contributed by atoms with Crippen LogP contribution in [0.3, 0.4) is 0 Å². The topological polar surface area (TPSA) is 27.1 Å². The van der Waals surface area contributed by atoms with Gasteiger partial charge in [-0.15, -0.1) is 11.6 Å². The van der Waals surface area contributed by atoms with Crippen LogP contribution in [-0.4, -0.2) is 22.5 Å². The fraction of sp³-hybridized carbons (Fsp3) is 0.533. The summed E-state index contributed by atoms with van der Waals surface area (Å²) in [5.74, 6) is 2.55. The summed E-state index contributed by atoms with van der Waals surface area (Å²) in [7, 11) is 1.68. The maximum absolute atomic E-state index is 5.91. The molecule has 0 saturated heterocycles. The van der Waals surface area contributed by atoms with Crippen LogP contribution in [0, 0.1) is 5.41 Å². The Bertz CT molecular complexity index is 618. The van der Waals surface area contributed by atoms with Crippen LogP contribution in [0.4, 0.5) is 0 Å². The van der Waals surface area contributed by atoms with Gasteiger partial charge in [-0.25, -0.2) is 4.98 Å². The fourth-order valence-corrected chi connectivity index (χ4v) is 2.91. The Morgan fingerprint density at radius 3 is 2.79 bits per heavy atom. The van der Waals surface area contributed by atoms with Crippen LogP contribution < -0.4 is 4.74 Å². The van der Waals surface area contributed by atoms with Crippen LogP contribution in [0.2, 0.25) is 0 Å². The molecule has 0 amide bonds. The molecule has 1 fully saturated rings. The van der Waals surface area contributed by atoms with E-state index in [1.807, 2.05) is 12.1 Å². The van der Waals surface area contributed by atoms with Crippen molar-refractivity contribution in [3.63, 3.8) is 0 Å². The first kappa shape index (κ1) is 12.8. The monoisotopic (exact) mass is 278 g/mol. The van der Waals surface area contributed by atoms with E-state index < -0.39 is 0 Å². The average molecular weight is 279 g/mol. The minimum absolute atomic E-state index is 0.370. The third-order valence-corrected chi connectivity index (χ3v) is 4.25. The van der Waals surface area contributed by atoms with Crippen LogP contribution >= 0.6 is 11.6 Å². The lowest BCUT2D eigenvalue weighted by atomic mass is 10.2. The molecule has 1 heterocycles. The fourth-order valence-electron chi connectivity index (χ4n) is 2.74. The number of fused-ring (bicyclic) bond motifs is 1. The largest absolute Gasteiger partial charge is 0.497 e. The van der Waals surface area contributed by atoms with Crippen molar-refractivity contribution in [1.82, 2.24) is 9.55 Å². The molecule has 0 radical (unpaired) electrons. The number of rotatable bonds is 4. The Kier molecular flexibility index (Phi) is 2.97. The molecule has 1 atom stereocenters. The molecule has 3 nitrogen and oxygen atoms in total. The van der Waals surface area contributed by atoms with Gasteiger partial charge in [0.2, 0.25) is 0 Å². The molecule has 3 rings (SSSR count). The standard InChI is InChI=1S/C15H19ClN2O/c1-15(2)9-13(15)18-12-5-4-10(19-3)8-11(12)17-14(18)6-7-16/h4-5,8,13H,6-7,9H2,1-3H3. The summed E-state index contributed by atoms with van der Waals surface area (Å²) in [6.45, 7) is 4.61. The summed E-state index contributed by atoms with van der Waals surface area (Å²) in [5, 5.41) is 0. The van der Waals surface area contributed by atoms with E-state index in [0.717, 1.165) is 23.5 Å². The second-order valence-corrected chi connectivity index (χ2v) is 6.28. The van der Waals surface area contributed by atoms with Crippen LogP contribution in [-0.2, 0) is 6.42 Å². The highest BCUT2D eigenvalue weighted by Gasteiger charge is 2.48. The molecule has 102 valence electrons. The van der Waals surface area contributed by atoms with E-state index in [-0.39, 0.29) is 0 Å². The number of alkyl halides is 1. The number of imidazole rings is 1. The van der Waals surface area contributed by atoms with Gasteiger partial charge in [-0.3, -0.25) is 0 Å². The molecular formula is C15H19ClN2O. The minimum Gasteiger partial charge on any atom is -0.497 e. The van der Waals surface area contributed by atoms with Crippen LogP contribution in [0.15, 0.2) is 18.2 Å². The first-order chi connectivity index (χ1) is 9.06. The van der Waals surface area contributed by atoms with Crippen molar-refractivity contribution in [2.24, 2.45) is 5.41 Å². The van der Waals surface area contributed by atoms with E-state index in [4.69, 9.17) is 21.3 Å². The number of halogens is 1. The van der Waals surface area contributed by atoms with Gasteiger partial charge in [0.25, 0.3) is 0 Å². The van der Waals surface area contributed by atoms with Gasteiger partial charge in [0.1, 0.15) is 11.6 Å². The minimum atomic E-state index is 0.370. The molecule has 0 bridgehead atoms. The number of nitrogens with zero attached hydrogens (tertiary/aromatic N) is 2. The first-order valence-electron chi connectivity index (χ1n) is 6.67. The highest BCUT2D eigenvalue weighted by Crippen LogP contribution is 2.56. The van der Waals surface area contributed by atoms with Crippen molar-refractivity contribution in [2.75, 3.05) is 13.0 Å². The Morgan fingerprint density at radius 1 is 1.47 bits per heavy atom. The molecule has 19 heavy (non-hydrogen) atoms. The third-order valence-electron chi connectivity index (χ3n) is 4.06. The maximum Gasteiger partial charge on any atom is 0.121 e. The Balaban J connectivity index is 2.14. The van der Waals surface area contributed by atoms with Crippen molar-refractivity contribution in [3.05, 3.63) is 24.0 Å². The lowest BCUT2D eigenvalue weighted by Gasteiger charge is -2.10. The molecule has 0 spiro atoms. The molecule has 1 aromatic heterocycles. The molecule has 1 aromatic carbocycles. The van der Waals surface area contributed by atoms with Crippen LogP contribution in [0.25, 0.3) is 11.0 Å². The highest BCUT2D eigenvalue weighted by molar-refractivity contribution is 6.17. The second kappa shape index (κ2) is 4.41. The third kappa shape index (κ3) is 2.10. The molecule has 1 aliphatic rings. The van der Waals surface area contributed by atoms with E-state index in [0.29, 0.717) is 17.3 Å². The Morgan fingerprint density at radius 2 is 2.21 bits per heavy atom. The molecule has 1 aliphatic carbocycles. The summed E-state index contributed by atoms with van der Waals surface area (Å²) in [4.78, 5) is 4.74. The van der Waals surface area contributed by atoms with Gasteiger partial charge in [0.15, 0.2) is 0 Å². The molecule has 1 unspecified atom stereocenters.